The summed E-state index contributed by atoms with van der Waals surface area (Å²) in [5.74, 6) is -0.190. The predicted molar refractivity (Wildman–Crippen MR) is 109 cm³/mol. The smallest absolute Gasteiger partial charge is 0.227 e. The zero-order chi connectivity index (χ0) is 20.5. The van der Waals surface area contributed by atoms with Gasteiger partial charge in [0.2, 0.25) is 5.91 Å². The first-order chi connectivity index (χ1) is 14.0. The van der Waals surface area contributed by atoms with Crippen LogP contribution < -0.4 is 0 Å². The number of benzene rings is 1. The van der Waals surface area contributed by atoms with Crippen molar-refractivity contribution in [2.24, 2.45) is 0 Å². The normalized spacial score (nSPS) is 14.6. The number of aryl methyl sites for hydroxylation is 1. The van der Waals surface area contributed by atoms with Crippen molar-refractivity contribution in [2.45, 2.75) is 52.1 Å². The number of hydrogen-bond acceptors (Lipinski definition) is 3. The Labute approximate surface area is 170 Å². The molecule has 1 atom stereocenters. The van der Waals surface area contributed by atoms with E-state index < -0.39 is 0 Å². The minimum atomic E-state index is -0.283. The van der Waals surface area contributed by atoms with E-state index in [0.717, 1.165) is 41.2 Å². The molecule has 1 unspecified atom stereocenters. The van der Waals surface area contributed by atoms with Crippen molar-refractivity contribution in [1.82, 2.24) is 19.7 Å². The van der Waals surface area contributed by atoms with Crippen LogP contribution in [0, 0.1) is 19.7 Å². The maximum absolute atomic E-state index is 13.3. The van der Waals surface area contributed by atoms with E-state index in [-0.39, 0.29) is 23.8 Å². The van der Waals surface area contributed by atoms with Gasteiger partial charge in [-0.2, -0.15) is 5.10 Å². The molecule has 0 radical (unpaired) electrons. The number of carbonyl (C=O) groups excluding carboxylic acids is 1. The van der Waals surface area contributed by atoms with Gasteiger partial charge < -0.3 is 4.90 Å². The van der Waals surface area contributed by atoms with Crippen LogP contribution in [-0.2, 0) is 11.2 Å². The van der Waals surface area contributed by atoms with Crippen LogP contribution in [0.4, 0.5) is 4.39 Å². The number of amides is 1. The van der Waals surface area contributed by atoms with E-state index in [2.05, 4.69) is 10.1 Å². The maximum atomic E-state index is 13.3. The minimum Gasteiger partial charge on any atom is -0.331 e. The monoisotopic (exact) mass is 392 g/mol. The molecule has 0 spiro atoms. The predicted octanol–water partition coefficient (Wildman–Crippen LogP) is 4.32. The number of rotatable bonds is 6. The molecular formula is C23H25FN4O. The Balaban J connectivity index is 1.59. The van der Waals surface area contributed by atoms with Crippen LogP contribution in [0.25, 0.3) is 5.69 Å². The van der Waals surface area contributed by atoms with Gasteiger partial charge in [0.1, 0.15) is 5.82 Å². The van der Waals surface area contributed by atoms with Gasteiger partial charge in [0, 0.05) is 23.5 Å². The molecule has 3 aromatic rings. The molecule has 4 rings (SSSR count). The van der Waals surface area contributed by atoms with Crippen LogP contribution in [0.5, 0.6) is 0 Å². The second kappa shape index (κ2) is 7.78. The van der Waals surface area contributed by atoms with E-state index in [4.69, 9.17) is 0 Å². The first-order valence-electron chi connectivity index (χ1n) is 9.99. The Morgan fingerprint density at radius 1 is 1.21 bits per heavy atom. The van der Waals surface area contributed by atoms with Crippen LogP contribution in [0.1, 0.15) is 48.5 Å². The highest BCUT2D eigenvalue weighted by Crippen LogP contribution is 2.34. The zero-order valence-corrected chi connectivity index (χ0v) is 17.0. The van der Waals surface area contributed by atoms with Gasteiger partial charge in [-0.3, -0.25) is 9.78 Å². The van der Waals surface area contributed by atoms with Gasteiger partial charge in [-0.25, -0.2) is 9.07 Å². The fourth-order valence-corrected chi connectivity index (χ4v) is 3.86. The van der Waals surface area contributed by atoms with Crippen molar-refractivity contribution in [3.63, 3.8) is 0 Å². The highest BCUT2D eigenvalue weighted by Gasteiger charge is 2.37. The Kier molecular flexibility index (Phi) is 5.18. The number of carbonyl (C=O) groups is 1. The van der Waals surface area contributed by atoms with Crippen molar-refractivity contribution >= 4 is 5.91 Å². The van der Waals surface area contributed by atoms with E-state index in [0.29, 0.717) is 6.42 Å². The van der Waals surface area contributed by atoms with Crippen LogP contribution in [0.2, 0.25) is 0 Å². The van der Waals surface area contributed by atoms with Crippen molar-refractivity contribution in [2.75, 3.05) is 0 Å². The fourth-order valence-electron chi connectivity index (χ4n) is 3.86. The zero-order valence-electron chi connectivity index (χ0n) is 17.0. The average molecular weight is 392 g/mol. The summed E-state index contributed by atoms with van der Waals surface area (Å²) in [6.07, 6.45) is 4.14. The Morgan fingerprint density at radius 2 is 1.93 bits per heavy atom. The SMILES string of the molecule is Cc1nn(-c2ccc(F)cc2)c(C)c1CC(=O)N(C1CC1)C(C)c1ccccn1. The van der Waals surface area contributed by atoms with E-state index >= 15 is 0 Å². The van der Waals surface area contributed by atoms with Crippen molar-refractivity contribution in [1.29, 1.82) is 0 Å². The molecule has 1 aliphatic rings. The summed E-state index contributed by atoms with van der Waals surface area (Å²) >= 11 is 0. The second-order valence-corrected chi connectivity index (χ2v) is 7.68. The van der Waals surface area contributed by atoms with Crippen molar-refractivity contribution in [3.8, 4) is 5.69 Å². The fraction of sp³-hybridized carbons (Fsp3) is 0.348. The lowest BCUT2D eigenvalue weighted by Crippen LogP contribution is -2.37. The molecule has 29 heavy (non-hydrogen) atoms. The van der Waals surface area contributed by atoms with Gasteiger partial charge in [0.15, 0.2) is 0 Å². The topological polar surface area (TPSA) is 51.0 Å². The molecule has 6 heteroatoms. The van der Waals surface area contributed by atoms with Crippen LogP contribution in [0.3, 0.4) is 0 Å². The van der Waals surface area contributed by atoms with Crippen LogP contribution >= 0.6 is 0 Å². The third kappa shape index (κ3) is 3.92. The van der Waals surface area contributed by atoms with Gasteiger partial charge in [-0.05, 0) is 70.0 Å². The number of aromatic nitrogens is 3. The number of pyridine rings is 1. The van der Waals surface area contributed by atoms with Crippen molar-refractivity contribution < 1.29 is 9.18 Å². The molecule has 1 aromatic carbocycles. The third-order valence-corrected chi connectivity index (χ3v) is 5.60. The summed E-state index contributed by atoms with van der Waals surface area (Å²) in [6, 6.07) is 12.2. The van der Waals surface area contributed by atoms with E-state index in [1.54, 1.807) is 23.0 Å². The first kappa shape index (κ1) is 19.3. The molecular weight excluding hydrogens is 367 g/mol. The minimum absolute atomic E-state index is 0.0658. The van der Waals surface area contributed by atoms with Crippen LogP contribution in [-0.4, -0.2) is 31.6 Å². The first-order valence-corrected chi connectivity index (χ1v) is 9.99. The number of halogens is 1. The summed E-state index contributed by atoms with van der Waals surface area (Å²) < 4.78 is 15.0. The quantitative estimate of drug-likeness (QED) is 0.628. The lowest BCUT2D eigenvalue weighted by molar-refractivity contribution is -0.133. The van der Waals surface area contributed by atoms with Gasteiger partial charge >= 0.3 is 0 Å². The molecule has 2 aromatic heterocycles. The summed E-state index contributed by atoms with van der Waals surface area (Å²) in [6.45, 7) is 5.91. The van der Waals surface area contributed by atoms with Crippen molar-refractivity contribution in [3.05, 3.63) is 77.1 Å². The molecule has 150 valence electrons. The molecule has 1 amide bonds. The van der Waals surface area contributed by atoms with E-state index in [1.807, 2.05) is 43.9 Å². The summed E-state index contributed by atoms with van der Waals surface area (Å²) in [5.41, 5.74) is 4.35. The molecule has 0 aliphatic heterocycles. The Hall–Kier alpha value is -3.02. The lowest BCUT2D eigenvalue weighted by Gasteiger charge is -2.29. The van der Waals surface area contributed by atoms with E-state index in [9.17, 15) is 9.18 Å². The average Bonchev–Trinajstić information content (AvgIpc) is 3.51. The maximum Gasteiger partial charge on any atom is 0.227 e. The standard InChI is InChI=1S/C23H25FN4O/c1-15-21(16(2)28(26-15)20-9-7-18(24)8-10-20)14-23(29)27(19-11-12-19)17(3)22-6-4-5-13-25-22/h4-10,13,17,19H,11-12,14H2,1-3H3. The number of hydrogen-bond donors (Lipinski definition) is 0. The van der Waals surface area contributed by atoms with Gasteiger partial charge in [0.25, 0.3) is 0 Å². The molecule has 0 bridgehead atoms. The molecule has 0 saturated heterocycles. The molecule has 5 nitrogen and oxygen atoms in total. The van der Waals surface area contributed by atoms with Crippen LogP contribution in [0.15, 0.2) is 48.7 Å². The van der Waals surface area contributed by atoms with Gasteiger partial charge in [-0.1, -0.05) is 6.07 Å². The summed E-state index contributed by atoms with van der Waals surface area (Å²) in [5, 5.41) is 4.60. The lowest BCUT2D eigenvalue weighted by atomic mass is 10.1. The Bertz CT molecular complexity index is 1010. The highest BCUT2D eigenvalue weighted by molar-refractivity contribution is 5.80. The number of nitrogens with zero attached hydrogens (tertiary/aromatic N) is 4. The van der Waals surface area contributed by atoms with Gasteiger partial charge in [0.05, 0.1) is 29.5 Å². The second-order valence-electron chi connectivity index (χ2n) is 7.68. The van der Waals surface area contributed by atoms with E-state index in [1.165, 1.54) is 12.1 Å². The van der Waals surface area contributed by atoms with Gasteiger partial charge in [-0.15, -0.1) is 0 Å². The summed E-state index contributed by atoms with van der Waals surface area (Å²) in [4.78, 5) is 19.7. The molecule has 1 fully saturated rings. The largest absolute Gasteiger partial charge is 0.331 e. The molecule has 0 N–H and O–H groups in total. The Morgan fingerprint density at radius 3 is 2.55 bits per heavy atom. The highest BCUT2D eigenvalue weighted by atomic mass is 19.1. The third-order valence-electron chi connectivity index (χ3n) is 5.60. The summed E-state index contributed by atoms with van der Waals surface area (Å²) in [7, 11) is 0. The molecule has 2 heterocycles. The molecule has 1 saturated carbocycles. The molecule has 1 aliphatic carbocycles.